The molecule has 2 rings (SSSR count). The van der Waals surface area contributed by atoms with Crippen LogP contribution in [0, 0.1) is 0 Å². The molecule has 0 N–H and O–H groups in total. The highest BCUT2D eigenvalue weighted by atomic mass is 28.1. The van der Waals surface area contributed by atoms with Crippen LogP contribution >= 0.6 is 0 Å². The first-order valence-corrected chi connectivity index (χ1v) is 4.64. The van der Waals surface area contributed by atoms with Gasteiger partial charge in [-0.25, -0.2) is 0 Å². The van der Waals surface area contributed by atoms with Crippen LogP contribution in [0.25, 0.3) is 0 Å². The quantitative estimate of drug-likeness (QED) is 0.448. The van der Waals surface area contributed by atoms with Gasteiger partial charge in [-0.05, 0) is 17.6 Å². The molecule has 0 radical (unpaired) electrons. The molecular formula is C9H10Si. The van der Waals surface area contributed by atoms with Gasteiger partial charge in [-0.15, -0.1) is 0 Å². The zero-order valence-electron chi connectivity index (χ0n) is 6.09. The zero-order valence-corrected chi connectivity index (χ0v) is 8.09. The van der Waals surface area contributed by atoms with Gasteiger partial charge in [0.1, 0.15) is 0 Å². The fourth-order valence-corrected chi connectivity index (χ4v) is 2.03. The standard InChI is InChI=1S/C9H10Si/c10-9-6-5-7-3-1-2-4-8(7)9/h2-6H,1H2,10H3. The number of rotatable bonds is 0. The van der Waals surface area contributed by atoms with E-state index < -0.39 is 0 Å². The van der Waals surface area contributed by atoms with Crippen molar-refractivity contribution in [2.24, 2.45) is 0 Å². The summed E-state index contributed by atoms with van der Waals surface area (Å²) in [6.45, 7) is 0. The summed E-state index contributed by atoms with van der Waals surface area (Å²) in [5, 5.41) is 1.53. The van der Waals surface area contributed by atoms with Crippen molar-refractivity contribution in [3.63, 3.8) is 0 Å². The summed E-state index contributed by atoms with van der Waals surface area (Å²) in [5.41, 5.74) is 2.91. The third kappa shape index (κ3) is 0.745. The van der Waals surface area contributed by atoms with Crippen LogP contribution in [0.5, 0.6) is 0 Å². The first-order valence-electron chi connectivity index (χ1n) is 3.64. The molecule has 0 atom stereocenters. The van der Waals surface area contributed by atoms with Crippen LogP contribution in [0.15, 0.2) is 46.7 Å². The van der Waals surface area contributed by atoms with Crippen molar-refractivity contribution in [3.8, 4) is 0 Å². The molecule has 0 saturated heterocycles. The molecule has 0 fully saturated rings. The minimum absolute atomic E-state index is 1.11. The highest BCUT2D eigenvalue weighted by Gasteiger charge is 2.08. The molecule has 0 aliphatic heterocycles. The van der Waals surface area contributed by atoms with E-state index in [1.165, 1.54) is 26.6 Å². The average molecular weight is 146 g/mol. The van der Waals surface area contributed by atoms with Gasteiger partial charge >= 0.3 is 0 Å². The Balaban J connectivity index is 2.52. The Bertz CT molecular complexity index is 277. The molecule has 0 bridgehead atoms. The smallest absolute Gasteiger partial charge is 0.0393 e. The van der Waals surface area contributed by atoms with Gasteiger partial charge in [0, 0.05) is 10.2 Å². The first-order chi connectivity index (χ1) is 4.88. The van der Waals surface area contributed by atoms with E-state index in [-0.39, 0.29) is 0 Å². The Hall–Kier alpha value is -0.823. The molecule has 0 nitrogen and oxygen atoms in total. The Labute approximate surface area is 64.1 Å². The van der Waals surface area contributed by atoms with E-state index in [2.05, 4.69) is 30.4 Å². The van der Waals surface area contributed by atoms with Crippen molar-refractivity contribution in [2.75, 3.05) is 0 Å². The van der Waals surface area contributed by atoms with Crippen molar-refractivity contribution in [1.29, 1.82) is 0 Å². The lowest BCUT2D eigenvalue weighted by atomic mass is 10.0. The van der Waals surface area contributed by atoms with Gasteiger partial charge in [-0.2, -0.15) is 0 Å². The normalized spacial score (nSPS) is 21.8. The molecule has 2 aliphatic rings. The molecule has 0 heterocycles. The molecule has 0 saturated carbocycles. The van der Waals surface area contributed by atoms with E-state index in [1.54, 1.807) is 0 Å². The Kier molecular flexibility index (Phi) is 1.24. The minimum atomic E-state index is 1.11. The SMILES string of the molecule is [SiH3]C1=C2C=CCC=C2C=C1. The fourth-order valence-electron chi connectivity index (χ4n) is 1.41. The van der Waals surface area contributed by atoms with Gasteiger partial charge in [0.2, 0.25) is 0 Å². The second-order valence-electron chi connectivity index (χ2n) is 2.73. The van der Waals surface area contributed by atoms with Crippen LogP contribution in [0.2, 0.25) is 0 Å². The third-order valence-corrected chi connectivity index (χ3v) is 2.88. The van der Waals surface area contributed by atoms with E-state index >= 15 is 0 Å². The number of hydrogen-bond acceptors (Lipinski definition) is 0. The molecule has 10 heavy (non-hydrogen) atoms. The number of fused-ring (bicyclic) bond motifs is 1. The predicted octanol–water partition coefficient (Wildman–Crippen LogP) is 1.06. The van der Waals surface area contributed by atoms with Crippen LogP contribution in [0.3, 0.4) is 0 Å². The van der Waals surface area contributed by atoms with E-state index in [1.807, 2.05) is 0 Å². The molecule has 0 amide bonds. The van der Waals surface area contributed by atoms with Crippen molar-refractivity contribution in [3.05, 3.63) is 46.7 Å². The van der Waals surface area contributed by atoms with E-state index in [0.29, 0.717) is 0 Å². The molecule has 0 aromatic carbocycles. The number of hydrogen-bond donors (Lipinski definition) is 0. The highest BCUT2D eigenvalue weighted by molar-refractivity contribution is 6.25. The van der Waals surface area contributed by atoms with E-state index in [4.69, 9.17) is 0 Å². The van der Waals surface area contributed by atoms with Gasteiger partial charge in [-0.3, -0.25) is 0 Å². The van der Waals surface area contributed by atoms with Crippen LogP contribution in [-0.2, 0) is 0 Å². The lowest BCUT2D eigenvalue weighted by Crippen LogP contribution is -1.86. The largest absolute Gasteiger partial charge is 0.0801 e. The summed E-state index contributed by atoms with van der Waals surface area (Å²) in [7, 11) is 1.17. The molecule has 0 aromatic rings. The summed E-state index contributed by atoms with van der Waals surface area (Å²) in [6.07, 6.45) is 12.3. The summed E-state index contributed by atoms with van der Waals surface area (Å²) in [6, 6.07) is 0. The lowest BCUT2D eigenvalue weighted by molar-refractivity contribution is 1.31. The zero-order chi connectivity index (χ0) is 6.97. The second kappa shape index (κ2) is 2.10. The lowest BCUT2D eigenvalue weighted by Gasteiger charge is -2.04. The van der Waals surface area contributed by atoms with Gasteiger partial charge in [0.05, 0.1) is 0 Å². The summed E-state index contributed by atoms with van der Waals surface area (Å²) in [5.74, 6) is 0. The molecule has 2 aliphatic carbocycles. The summed E-state index contributed by atoms with van der Waals surface area (Å²) < 4.78 is 0. The molecule has 0 aromatic heterocycles. The monoisotopic (exact) mass is 146 g/mol. The topological polar surface area (TPSA) is 0 Å². The van der Waals surface area contributed by atoms with Gasteiger partial charge in [0.15, 0.2) is 0 Å². The summed E-state index contributed by atoms with van der Waals surface area (Å²) in [4.78, 5) is 0. The van der Waals surface area contributed by atoms with Crippen molar-refractivity contribution >= 4 is 10.2 Å². The summed E-state index contributed by atoms with van der Waals surface area (Å²) >= 11 is 0. The van der Waals surface area contributed by atoms with Crippen molar-refractivity contribution in [2.45, 2.75) is 6.42 Å². The molecule has 0 spiro atoms. The Morgan fingerprint density at radius 3 is 2.90 bits per heavy atom. The van der Waals surface area contributed by atoms with Crippen molar-refractivity contribution < 1.29 is 0 Å². The average Bonchev–Trinajstić information content (AvgIpc) is 2.34. The minimum Gasteiger partial charge on any atom is -0.0801 e. The molecule has 1 heteroatoms. The Morgan fingerprint density at radius 2 is 2.10 bits per heavy atom. The van der Waals surface area contributed by atoms with Gasteiger partial charge in [-0.1, -0.05) is 35.6 Å². The van der Waals surface area contributed by atoms with Crippen LogP contribution in [0.4, 0.5) is 0 Å². The second-order valence-corrected chi connectivity index (χ2v) is 3.80. The van der Waals surface area contributed by atoms with Crippen molar-refractivity contribution in [1.82, 2.24) is 0 Å². The molecule has 50 valence electrons. The van der Waals surface area contributed by atoms with Crippen LogP contribution in [0.1, 0.15) is 6.42 Å². The molecule has 0 unspecified atom stereocenters. The first kappa shape index (κ1) is 5.92. The fraction of sp³-hybridized carbons (Fsp3) is 0.111. The number of allylic oxidation sites excluding steroid dienone is 8. The van der Waals surface area contributed by atoms with E-state index in [0.717, 1.165) is 6.42 Å². The maximum absolute atomic E-state index is 2.29. The van der Waals surface area contributed by atoms with E-state index in [9.17, 15) is 0 Å². The Morgan fingerprint density at radius 1 is 1.20 bits per heavy atom. The third-order valence-electron chi connectivity index (χ3n) is 2.01. The predicted molar refractivity (Wildman–Crippen MR) is 47.9 cm³/mol. The van der Waals surface area contributed by atoms with Gasteiger partial charge in [0.25, 0.3) is 0 Å². The maximum atomic E-state index is 2.29. The highest BCUT2D eigenvalue weighted by Crippen LogP contribution is 2.27. The molecular weight excluding hydrogens is 136 g/mol. The van der Waals surface area contributed by atoms with Gasteiger partial charge < -0.3 is 0 Å². The van der Waals surface area contributed by atoms with Crippen LogP contribution < -0.4 is 0 Å². The maximum Gasteiger partial charge on any atom is 0.0393 e. The van der Waals surface area contributed by atoms with Crippen LogP contribution in [-0.4, -0.2) is 10.2 Å².